The van der Waals surface area contributed by atoms with Crippen LogP contribution in [0.5, 0.6) is 0 Å². The van der Waals surface area contributed by atoms with E-state index in [1.807, 2.05) is 19.1 Å². The van der Waals surface area contributed by atoms with Crippen molar-refractivity contribution in [3.8, 4) is 0 Å². The van der Waals surface area contributed by atoms with Crippen molar-refractivity contribution in [2.75, 3.05) is 11.6 Å². The first-order valence-corrected chi connectivity index (χ1v) is 7.33. The van der Waals surface area contributed by atoms with E-state index in [0.717, 1.165) is 5.56 Å². The summed E-state index contributed by atoms with van der Waals surface area (Å²) in [7, 11) is 0. The lowest BCUT2D eigenvalue weighted by molar-refractivity contribution is -0.140. The summed E-state index contributed by atoms with van der Waals surface area (Å²) in [5.41, 5.74) is 1.49. The molecule has 0 saturated carbocycles. The van der Waals surface area contributed by atoms with Gasteiger partial charge in [0.2, 0.25) is 0 Å². The third-order valence-electron chi connectivity index (χ3n) is 2.78. The maximum Gasteiger partial charge on any atom is 0.327 e. The summed E-state index contributed by atoms with van der Waals surface area (Å²) in [6, 6.07) is 4.75. The van der Waals surface area contributed by atoms with Gasteiger partial charge < -0.3 is 10.0 Å². The molecule has 1 N–H and O–H groups in total. The number of aryl methyl sites for hydroxylation is 1. The van der Waals surface area contributed by atoms with E-state index in [0.29, 0.717) is 21.7 Å². The first kappa shape index (κ1) is 13.4. The number of nitrogens with zero attached hydrogens (tertiary/aromatic N) is 1. The first-order valence-electron chi connectivity index (χ1n) is 5.38. The molecule has 4 nitrogen and oxygen atoms in total. The van der Waals surface area contributed by atoms with Gasteiger partial charge in [-0.15, -0.1) is 11.8 Å². The first-order chi connectivity index (χ1) is 8.50. The number of halogens is 1. The second-order valence-electron chi connectivity index (χ2n) is 4.11. The van der Waals surface area contributed by atoms with Gasteiger partial charge in [-0.25, -0.2) is 4.79 Å². The molecule has 0 aromatic heterocycles. The third-order valence-corrected chi connectivity index (χ3v) is 4.48. The molecule has 18 heavy (non-hydrogen) atoms. The van der Waals surface area contributed by atoms with Gasteiger partial charge in [0, 0.05) is 10.2 Å². The minimum Gasteiger partial charge on any atom is -0.480 e. The Labute approximate surface area is 117 Å². The largest absolute Gasteiger partial charge is 0.480 e. The van der Waals surface area contributed by atoms with Gasteiger partial charge in [0.25, 0.3) is 5.91 Å². The quantitative estimate of drug-likeness (QED) is 0.904. The highest BCUT2D eigenvalue weighted by atomic mass is 79.9. The Morgan fingerprint density at radius 1 is 1.50 bits per heavy atom. The van der Waals surface area contributed by atoms with E-state index in [1.165, 1.54) is 16.7 Å². The predicted octanol–water partition coefficient (Wildman–Crippen LogP) is 2.36. The number of carboxylic acids is 1. The lowest BCUT2D eigenvalue weighted by Crippen LogP contribution is -2.41. The van der Waals surface area contributed by atoms with E-state index >= 15 is 0 Å². The number of carboxylic acid groups (broad SMARTS) is 1. The number of thioether (sulfide) groups is 1. The maximum absolute atomic E-state index is 12.4. The molecular formula is C12H12BrNO3S. The lowest BCUT2D eigenvalue weighted by atomic mass is 10.1. The number of hydrogen-bond donors (Lipinski definition) is 1. The van der Waals surface area contributed by atoms with Crippen molar-refractivity contribution in [3.63, 3.8) is 0 Å². The number of hydrogen-bond acceptors (Lipinski definition) is 3. The fourth-order valence-corrected chi connectivity index (χ4v) is 3.37. The van der Waals surface area contributed by atoms with Gasteiger partial charge in [-0.1, -0.05) is 11.6 Å². The Morgan fingerprint density at radius 3 is 2.89 bits per heavy atom. The second-order valence-corrected chi connectivity index (χ2v) is 5.97. The van der Waals surface area contributed by atoms with Gasteiger partial charge >= 0.3 is 5.97 Å². The molecule has 0 bridgehead atoms. The lowest BCUT2D eigenvalue weighted by Gasteiger charge is -2.21. The normalized spacial score (nSPS) is 19.0. The molecule has 1 aliphatic heterocycles. The molecule has 6 heteroatoms. The van der Waals surface area contributed by atoms with E-state index in [2.05, 4.69) is 15.9 Å². The maximum atomic E-state index is 12.4. The van der Waals surface area contributed by atoms with E-state index < -0.39 is 12.0 Å². The highest BCUT2D eigenvalue weighted by molar-refractivity contribution is 9.10. The predicted molar refractivity (Wildman–Crippen MR) is 73.8 cm³/mol. The summed E-state index contributed by atoms with van der Waals surface area (Å²) in [6.45, 7) is 1.90. The Balaban J connectivity index is 2.31. The zero-order valence-corrected chi connectivity index (χ0v) is 12.1. The minimum atomic E-state index is -0.947. The molecule has 1 aromatic carbocycles. The van der Waals surface area contributed by atoms with Crippen LogP contribution in [0.2, 0.25) is 0 Å². The van der Waals surface area contributed by atoms with Crippen LogP contribution in [0.1, 0.15) is 15.9 Å². The summed E-state index contributed by atoms with van der Waals surface area (Å²) < 4.78 is 0.694. The molecule has 1 aromatic rings. The second kappa shape index (κ2) is 5.32. The number of amides is 1. The van der Waals surface area contributed by atoms with Crippen molar-refractivity contribution in [1.82, 2.24) is 4.90 Å². The number of aliphatic carboxylic acids is 1. The Hall–Kier alpha value is -1.01. The van der Waals surface area contributed by atoms with Gasteiger partial charge in [0.1, 0.15) is 6.04 Å². The summed E-state index contributed by atoms with van der Waals surface area (Å²) in [5.74, 6) is -0.305. The zero-order chi connectivity index (χ0) is 13.3. The molecule has 0 unspecified atom stereocenters. The Morgan fingerprint density at radius 2 is 2.22 bits per heavy atom. The fourth-order valence-electron chi connectivity index (χ4n) is 1.81. The van der Waals surface area contributed by atoms with Crippen LogP contribution in [0, 0.1) is 6.92 Å². The monoisotopic (exact) mass is 329 g/mol. The minimum absolute atomic E-state index is 0.233. The van der Waals surface area contributed by atoms with Crippen molar-refractivity contribution in [2.45, 2.75) is 13.0 Å². The van der Waals surface area contributed by atoms with Crippen molar-refractivity contribution in [2.24, 2.45) is 0 Å². The van der Waals surface area contributed by atoms with Crippen molar-refractivity contribution in [3.05, 3.63) is 33.8 Å². The van der Waals surface area contributed by atoms with Gasteiger partial charge in [-0.2, -0.15) is 0 Å². The molecule has 1 saturated heterocycles. The van der Waals surface area contributed by atoms with Gasteiger partial charge in [-0.05, 0) is 35.0 Å². The van der Waals surface area contributed by atoms with Crippen LogP contribution >= 0.6 is 27.7 Å². The highest BCUT2D eigenvalue weighted by Gasteiger charge is 2.35. The number of carbonyl (C=O) groups is 2. The molecule has 0 aliphatic carbocycles. The number of benzene rings is 1. The SMILES string of the molecule is Cc1ccc(Br)c(C(=O)N2CSC[C@H]2C(=O)O)c1. The molecule has 1 fully saturated rings. The average molecular weight is 330 g/mol. The summed E-state index contributed by atoms with van der Waals surface area (Å²) >= 11 is 4.79. The smallest absolute Gasteiger partial charge is 0.327 e. The van der Waals surface area contributed by atoms with Crippen LogP contribution in [-0.2, 0) is 4.79 Å². The standard InChI is InChI=1S/C12H12BrNO3S/c1-7-2-3-9(13)8(4-7)11(15)14-6-18-5-10(14)12(16)17/h2-4,10H,5-6H2,1H3,(H,16,17)/t10-/m0/s1. The van der Waals surface area contributed by atoms with Gasteiger partial charge in [0.05, 0.1) is 11.4 Å². The van der Waals surface area contributed by atoms with Crippen LogP contribution < -0.4 is 0 Å². The molecular weight excluding hydrogens is 318 g/mol. The van der Waals surface area contributed by atoms with E-state index in [1.54, 1.807) is 6.07 Å². The molecule has 96 valence electrons. The third kappa shape index (κ3) is 2.54. The Kier molecular flexibility index (Phi) is 3.97. The van der Waals surface area contributed by atoms with E-state index in [4.69, 9.17) is 5.11 Å². The fraction of sp³-hybridized carbons (Fsp3) is 0.333. The van der Waals surface area contributed by atoms with Crippen molar-refractivity contribution < 1.29 is 14.7 Å². The summed E-state index contributed by atoms with van der Waals surface area (Å²) in [5, 5.41) is 9.08. The van der Waals surface area contributed by atoms with Crippen LogP contribution in [0.15, 0.2) is 22.7 Å². The summed E-state index contributed by atoms with van der Waals surface area (Å²) in [6.07, 6.45) is 0. The van der Waals surface area contributed by atoms with E-state index in [-0.39, 0.29) is 5.91 Å². The molecule has 0 radical (unpaired) electrons. The van der Waals surface area contributed by atoms with Crippen LogP contribution in [0.25, 0.3) is 0 Å². The van der Waals surface area contributed by atoms with Crippen LogP contribution in [0.4, 0.5) is 0 Å². The molecule has 0 spiro atoms. The number of carbonyl (C=O) groups excluding carboxylic acids is 1. The molecule has 1 heterocycles. The van der Waals surface area contributed by atoms with Crippen LogP contribution in [-0.4, -0.2) is 39.6 Å². The van der Waals surface area contributed by atoms with Crippen molar-refractivity contribution in [1.29, 1.82) is 0 Å². The summed E-state index contributed by atoms with van der Waals surface area (Å²) in [4.78, 5) is 24.8. The molecule has 1 aliphatic rings. The van der Waals surface area contributed by atoms with Gasteiger partial charge in [0.15, 0.2) is 0 Å². The molecule has 1 amide bonds. The van der Waals surface area contributed by atoms with Gasteiger partial charge in [-0.3, -0.25) is 4.79 Å². The van der Waals surface area contributed by atoms with Crippen molar-refractivity contribution >= 4 is 39.6 Å². The topological polar surface area (TPSA) is 57.6 Å². The highest BCUT2D eigenvalue weighted by Crippen LogP contribution is 2.26. The Bertz CT molecular complexity index is 506. The average Bonchev–Trinajstić information content (AvgIpc) is 2.80. The zero-order valence-electron chi connectivity index (χ0n) is 9.72. The molecule has 1 atom stereocenters. The van der Waals surface area contributed by atoms with E-state index in [9.17, 15) is 9.59 Å². The molecule has 2 rings (SSSR count). The number of rotatable bonds is 2. The van der Waals surface area contributed by atoms with Crippen LogP contribution in [0.3, 0.4) is 0 Å².